The number of amides is 1. The Morgan fingerprint density at radius 1 is 1.20 bits per heavy atom. The second-order valence-corrected chi connectivity index (χ2v) is 5.20. The van der Waals surface area contributed by atoms with Gasteiger partial charge in [0.2, 0.25) is 0 Å². The number of halogens is 3. The molecule has 2 aromatic rings. The third-order valence-electron chi connectivity index (χ3n) is 3.31. The second kappa shape index (κ2) is 7.78. The molecular weight excluding hydrogens is 335 g/mol. The maximum absolute atomic E-state index is 12.7. The Balaban J connectivity index is 2.02. The van der Waals surface area contributed by atoms with Crippen LogP contribution >= 0.6 is 0 Å². The standard InChI is InChI=1S/C17H18F3N3O2/c1-2-25-16(24)23-15-7-6-13(9-14(15)21)22-10-11-4-3-5-12(8-11)17(18,19)20/h3-9,22H,2,10,21H2,1H3,(H,23,24). The van der Waals surface area contributed by atoms with Crippen LogP contribution in [0.15, 0.2) is 42.5 Å². The van der Waals surface area contributed by atoms with Crippen LogP contribution in [0.1, 0.15) is 18.1 Å². The molecule has 0 saturated heterocycles. The Hall–Kier alpha value is -2.90. The van der Waals surface area contributed by atoms with Gasteiger partial charge in [0.25, 0.3) is 0 Å². The van der Waals surface area contributed by atoms with Crippen LogP contribution in [0.5, 0.6) is 0 Å². The summed E-state index contributed by atoms with van der Waals surface area (Å²) in [5.74, 6) is 0. The van der Waals surface area contributed by atoms with Crippen LogP contribution in [0, 0.1) is 0 Å². The molecule has 0 bridgehead atoms. The average molecular weight is 353 g/mol. The van der Waals surface area contributed by atoms with Crippen molar-refractivity contribution >= 4 is 23.2 Å². The fraction of sp³-hybridized carbons (Fsp3) is 0.235. The normalized spacial score (nSPS) is 11.0. The zero-order chi connectivity index (χ0) is 18.4. The molecule has 0 unspecified atom stereocenters. The Bertz CT molecular complexity index is 748. The van der Waals surface area contributed by atoms with E-state index in [2.05, 4.69) is 10.6 Å². The minimum atomic E-state index is -4.37. The van der Waals surface area contributed by atoms with Crippen LogP contribution in [0.2, 0.25) is 0 Å². The van der Waals surface area contributed by atoms with Crippen molar-refractivity contribution in [3.05, 3.63) is 53.6 Å². The van der Waals surface area contributed by atoms with E-state index >= 15 is 0 Å². The zero-order valence-electron chi connectivity index (χ0n) is 13.5. The molecule has 0 saturated carbocycles. The summed E-state index contributed by atoms with van der Waals surface area (Å²) in [6.07, 6.45) is -4.99. The molecule has 4 N–H and O–H groups in total. The number of hydrogen-bond donors (Lipinski definition) is 3. The lowest BCUT2D eigenvalue weighted by Gasteiger charge is -2.12. The van der Waals surface area contributed by atoms with Crippen molar-refractivity contribution < 1.29 is 22.7 Å². The zero-order valence-corrected chi connectivity index (χ0v) is 13.5. The molecule has 2 rings (SSSR count). The molecule has 0 fully saturated rings. The number of nitrogens with one attached hydrogen (secondary N) is 2. The fourth-order valence-electron chi connectivity index (χ4n) is 2.13. The molecule has 134 valence electrons. The molecule has 2 aromatic carbocycles. The van der Waals surface area contributed by atoms with Gasteiger partial charge in [-0.1, -0.05) is 12.1 Å². The predicted octanol–water partition coefficient (Wildman–Crippen LogP) is 4.47. The van der Waals surface area contributed by atoms with Crippen LogP contribution in [0.3, 0.4) is 0 Å². The Kier molecular flexibility index (Phi) is 5.74. The summed E-state index contributed by atoms with van der Waals surface area (Å²) in [4.78, 5) is 11.4. The lowest BCUT2D eigenvalue weighted by Crippen LogP contribution is -2.14. The van der Waals surface area contributed by atoms with E-state index in [1.807, 2.05) is 0 Å². The van der Waals surface area contributed by atoms with Gasteiger partial charge in [-0.3, -0.25) is 5.32 Å². The van der Waals surface area contributed by atoms with Gasteiger partial charge in [-0.15, -0.1) is 0 Å². The van der Waals surface area contributed by atoms with Gasteiger partial charge in [0.1, 0.15) is 0 Å². The second-order valence-electron chi connectivity index (χ2n) is 5.20. The molecule has 1 amide bonds. The minimum absolute atomic E-state index is 0.202. The number of alkyl halides is 3. The fourth-order valence-corrected chi connectivity index (χ4v) is 2.13. The number of ether oxygens (including phenoxy) is 1. The molecule has 0 aliphatic heterocycles. The topological polar surface area (TPSA) is 76.4 Å². The van der Waals surface area contributed by atoms with Crippen molar-refractivity contribution in [3.8, 4) is 0 Å². The molecule has 0 atom stereocenters. The first-order chi connectivity index (χ1) is 11.8. The first-order valence-electron chi connectivity index (χ1n) is 7.53. The SMILES string of the molecule is CCOC(=O)Nc1ccc(NCc2cccc(C(F)(F)F)c2)cc1N. The Morgan fingerprint density at radius 3 is 2.60 bits per heavy atom. The molecule has 0 aliphatic carbocycles. The van der Waals surface area contributed by atoms with Gasteiger partial charge >= 0.3 is 12.3 Å². The van der Waals surface area contributed by atoms with Gasteiger partial charge in [-0.2, -0.15) is 13.2 Å². The van der Waals surface area contributed by atoms with Gasteiger partial charge in [-0.25, -0.2) is 4.79 Å². The number of rotatable bonds is 5. The number of benzene rings is 2. The van der Waals surface area contributed by atoms with Crippen molar-refractivity contribution in [3.63, 3.8) is 0 Å². The monoisotopic (exact) mass is 353 g/mol. The summed E-state index contributed by atoms with van der Waals surface area (Å²) in [6, 6.07) is 9.90. The third-order valence-corrected chi connectivity index (χ3v) is 3.31. The van der Waals surface area contributed by atoms with E-state index in [1.165, 1.54) is 6.07 Å². The lowest BCUT2D eigenvalue weighted by molar-refractivity contribution is -0.137. The maximum Gasteiger partial charge on any atom is 0.416 e. The van der Waals surface area contributed by atoms with Crippen molar-refractivity contribution in [2.75, 3.05) is 23.0 Å². The summed E-state index contributed by atoms with van der Waals surface area (Å²) >= 11 is 0. The molecule has 0 aromatic heterocycles. The smallest absolute Gasteiger partial charge is 0.416 e. The number of hydrogen-bond acceptors (Lipinski definition) is 4. The van der Waals surface area contributed by atoms with Crippen molar-refractivity contribution in [1.29, 1.82) is 0 Å². The highest BCUT2D eigenvalue weighted by atomic mass is 19.4. The molecule has 0 aliphatic rings. The van der Waals surface area contributed by atoms with Crippen LogP contribution in [0.4, 0.5) is 35.0 Å². The third kappa shape index (κ3) is 5.30. The number of nitrogens with two attached hydrogens (primary N) is 1. The number of carbonyl (C=O) groups is 1. The highest BCUT2D eigenvalue weighted by Crippen LogP contribution is 2.30. The summed E-state index contributed by atoms with van der Waals surface area (Å²) in [7, 11) is 0. The molecule has 0 heterocycles. The van der Waals surface area contributed by atoms with Gasteiger partial charge in [0.05, 0.1) is 23.5 Å². The molecule has 0 radical (unpaired) electrons. The highest BCUT2D eigenvalue weighted by Gasteiger charge is 2.30. The summed E-state index contributed by atoms with van der Waals surface area (Å²) in [5.41, 5.74) is 6.97. The van der Waals surface area contributed by atoms with E-state index < -0.39 is 17.8 Å². The number of nitrogen functional groups attached to an aromatic ring is 1. The first kappa shape index (κ1) is 18.4. The molecule has 0 spiro atoms. The minimum Gasteiger partial charge on any atom is -0.450 e. The van der Waals surface area contributed by atoms with Crippen LogP contribution in [-0.2, 0) is 17.5 Å². The van der Waals surface area contributed by atoms with E-state index in [9.17, 15) is 18.0 Å². The van der Waals surface area contributed by atoms with Gasteiger partial charge < -0.3 is 15.8 Å². The van der Waals surface area contributed by atoms with Crippen LogP contribution < -0.4 is 16.4 Å². The largest absolute Gasteiger partial charge is 0.450 e. The van der Waals surface area contributed by atoms with E-state index in [1.54, 1.807) is 31.2 Å². The number of carbonyl (C=O) groups excluding carboxylic acids is 1. The Labute approximate surface area is 143 Å². The molecule has 25 heavy (non-hydrogen) atoms. The summed E-state index contributed by atoms with van der Waals surface area (Å²) < 4.78 is 42.9. The van der Waals surface area contributed by atoms with Crippen LogP contribution in [0.25, 0.3) is 0 Å². The quantitative estimate of drug-likeness (QED) is 0.693. The van der Waals surface area contributed by atoms with Crippen molar-refractivity contribution in [1.82, 2.24) is 0 Å². The first-order valence-corrected chi connectivity index (χ1v) is 7.53. The summed E-state index contributed by atoms with van der Waals surface area (Å²) in [6.45, 7) is 2.13. The highest BCUT2D eigenvalue weighted by molar-refractivity contribution is 5.89. The molecule has 5 nitrogen and oxygen atoms in total. The van der Waals surface area contributed by atoms with Crippen molar-refractivity contribution in [2.24, 2.45) is 0 Å². The van der Waals surface area contributed by atoms with Crippen LogP contribution in [-0.4, -0.2) is 12.7 Å². The number of anilines is 3. The Morgan fingerprint density at radius 2 is 1.96 bits per heavy atom. The molecule has 8 heteroatoms. The lowest BCUT2D eigenvalue weighted by atomic mass is 10.1. The predicted molar refractivity (Wildman–Crippen MR) is 90.3 cm³/mol. The average Bonchev–Trinajstić information content (AvgIpc) is 2.55. The molecular formula is C17H18F3N3O2. The van der Waals surface area contributed by atoms with E-state index in [-0.39, 0.29) is 13.2 Å². The summed E-state index contributed by atoms with van der Waals surface area (Å²) in [5, 5.41) is 5.49. The van der Waals surface area contributed by atoms with E-state index in [4.69, 9.17) is 10.5 Å². The maximum atomic E-state index is 12.7. The van der Waals surface area contributed by atoms with Crippen molar-refractivity contribution in [2.45, 2.75) is 19.6 Å². The van der Waals surface area contributed by atoms with Gasteiger partial charge in [0, 0.05) is 12.2 Å². The van der Waals surface area contributed by atoms with E-state index in [0.29, 0.717) is 22.6 Å². The van der Waals surface area contributed by atoms with E-state index in [0.717, 1.165) is 12.1 Å². The van der Waals surface area contributed by atoms with Gasteiger partial charge in [0.15, 0.2) is 0 Å². The van der Waals surface area contributed by atoms with Gasteiger partial charge in [-0.05, 0) is 42.8 Å².